The molecule has 152 valence electrons. The van der Waals surface area contributed by atoms with E-state index in [0.29, 0.717) is 24.5 Å². The quantitative estimate of drug-likeness (QED) is 0.774. The van der Waals surface area contributed by atoms with Crippen LogP contribution in [0, 0.1) is 5.82 Å². The Morgan fingerprint density at radius 2 is 1.66 bits per heavy atom. The second-order valence-electron chi connectivity index (χ2n) is 7.61. The maximum Gasteiger partial charge on any atom is 0.257 e. The standard InChI is InChI=1S/C23H25FN2O3/c24-21-8-2-1-7-20(21)23(28)26-15-5-6-18(26)16-29-19-11-9-17(10-12-19)22(27)25-13-3-4-14-25/h1-2,7-12,18H,3-6,13-16H2. The van der Waals surface area contributed by atoms with Crippen LogP contribution in [-0.2, 0) is 0 Å². The summed E-state index contributed by atoms with van der Waals surface area (Å²) in [5.41, 5.74) is 0.764. The molecule has 1 unspecified atom stereocenters. The Morgan fingerprint density at radius 1 is 0.931 bits per heavy atom. The van der Waals surface area contributed by atoms with E-state index in [9.17, 15) is 14.0 Å². The lowest BCUT2D eigenvalue weighted by Crippen LogP contribution is -2.39. The van der Waals surface area contributed by atoms with Crippen LogP contribution in [0.15, 0.2) is 48.5 Å². The molecular formula is C23H25FN2O3. The summed E-state index contributed by atoms with van der Waals surface area (Å²) in [7, 11) is 0. The van der Waals surface area contributed by atoms with Crippen LogP contribution in [0.1, 0.15) is 46.4 Å². The summed E-state index contributed by atoms with van der Waals surface area (Å²) < 4.78 is 19.9. The maximum absolute atomic E-state index is 14.0. The molecule has 2 fully saturated rings. The van der Waals surface area contributed by atoms with E-state index < -0.39 is 5.82 Å². The summed E-state index contributed by atoms with van der Waals surface area (Å²) in [6, 6.07) is 13.1. The summed E-state index contributed by atoms with van der Waals surface area (Å²) in [5, 5.41) is 0. The Hall–Kier alpha value is -2.89. The van der Waals surface area contributed by atoms with Crippen molar-refractivity contribution in [1.82, 2.24) is 9.80 Å². The van der Waals surface area contributed by atoms with Gasteiger partial charge in [-0.2, -0.15) is 0 Å². The first kappa shape index (κ1) is 19.4. The van der Waals surface area contributed by atoms with E-state index >= 15 is 0 Å². The molecule has 0 bridgehead atoms. The van der Waals surface area contributed by atoms with Crippen molar-refractivity contribution in [3.05, 3.63) is 65.5 Å². The molecule has 2 heterocycles. The number of carbonyl (C=O) groups excluding carboxylic acids is 2. The van der Waals surface area contributed by atoms with Crippen molar-refractivity contribution in [1.29, 1.82) is 0 Å². The first-order chi connectivity index (χ1) is 14.1. The molecule has 0 radical (unpaired) electrons. The molecule has 0 aliphatic carbocycles. The average molecular weight is 396 g/mol. The van der Waals surface area contributed by atoms with Crippen molar-refractivity contribution < 1.29 is 18.7 Å². The van der Waals surface area contributed by atoms with Crippen molar-refractivity contribution in [3.63, 3.8) is 0 Å². The number of hydrogen-bond donors (Lipinski definition) is 0. The third-order valence-corrected chi connectivity index (χ3v) is 5.68. The fourth-order valence-electron chi connectivity index (χ4n) is 4.05. The smallest absolute Gasteiger partial charge is 0.257 e. The topological polar surface area (TPSA) is 49.9 Å². The molecule has 6 heteroatoms. The van der Waals surface area contributed by atoms with Crippen molar-refractivity contribution >= 4 is 11.8 Å². The molecule has 2 aromatic rings. The molecule has 29 heavy (non-hydrogen) atoms. The van der Waals surface area contributed by atoms with E-state index in [0.717, 1.165) is 38.8 Å². The number of likely N-dealkylation sites (tertiary alicyclic amines) is 2. The van der Waals surface area contributed by atoms with E-state index in [1.807, 2.05) is 4.90 Å². The highest BCUT2D eigenvalue weighted by molar-refractivity contribution is 5.95. The minimum atomic E-state index is -0.498. The summed E-state index contributed by atoms with van der Waals surface area (Å²) in [6.45, 7) is 2.60. The predicted molar refractivity (Wildman–Crippen MR) is 108 cm³/mol. The molecule has 2 aromatic carbocycles. The molecule has 2 aliphatic heterocycles. The molecule has 2 saturated heterocycles. The second-order valence-corrected chi connectivity index (χ2v) is 7.61. The number of amides is 2. The Bertz CT molecular complexity index is 878. The van der Waals surface area contributed by atoms with Gasteiger partial charge in [0.15, 0.2) is 0 Å². The van der Waals surface area contributed by atoms with Crippen molar-refractivity contribution in [2.24, 2.45) is 0 Å². The third-order valence-electron chi connectivity index (χ3n) is 5.68. The van der Waals surface area contributed by atoms with Crippen LogP contribution in [0.5, 0.6) is 5.75 Å². The molecule has 2 amide bonds. The van der Waals surface area contributed by atoms with Gasteiger partial charge in [-0.05, 0) is 62.1 Å². The number of rotatable bonds is 5. The molecular weight excluding hydrogens is 371 g/mol. The van der Waals surface area contributed by atoms with Crippen LogP contribution < -0.4 is 4.74 Å². The van der Waals surface area contributed by atoms with Gasteiger partial charge in [0.2, 0.25) is 0 Å². The summed E-state index contributed by atoms with van der Waals surface area (Å²) >= 11 is 0. The van der Waals surface area contributed by atoms with E-state index in [-0.39, 0.29) is 23.4 Å². The van der Waals surface area contributed by atoms with E-state index in [4.69, 9.17) is 4.74 Å². The van der Waals surface area contributed by atoms with Gasteiger partial charge in [0, 0.05) is 25.2 Å². The number of ether oxygens (including phenoxy) is 1. The molecule has 5 nitrogen and oxygen atoms in total. The molecule has 0 saturated carbocycles. The Morgan fingerprint density at radius 3 is 2.38 bits per heavy atom. The van der Waals surface area contributed by atoms with E-state index in [1.54, 1.807) is 41.3 Å². The van der Waals surface area contributed by atoms with Gasteiger partial charge in [0.05, 0.1) is 11.6 Å². The van der Waals surface area contributed by atoms with Gasteiger partial charge >= 0.3 is 0 Å². The maximum atomic E-state index is 14.0. The summed E-state index contributed by atoms with van der Waals surface area (Å²) in [4.78, 5) is 28.7. The Labute approximate surface area is 170 Å². The second kappa shape index (κ2) is 8.64. The number of nitrogens with zero attached hydrogens (tertiary/aromatic N) is 2. The van der Waals surface area contributed by atoms with Crippen LogP contribution in [-0.4, -0.2) is 53.9 Å². The van der Waals surface area contributed by atoms with E-state index in [1.165, 1.54) is 12.1 Å². The minimum absolute atomic E-state index is 0.0616. The highest BCUT2D eigenvalue weighted by Gasteiger charge is 2.31. The molecule has 1 atom stereocenters. The first-order valence-corrected chi connectivity index (χ1v) is 10.2. The third kappa shape index (κ3) is 4.26. The fourth-order valence-corrected chi connectivity index (χ4v) is 4.05. The van der Waals surface area contributed by atoms with Crippen LogP contribution >= 0.6 is 0 Å². The highest BCUT2D eigenvalue weighted by Crippen LogP contribution is 2.23. The minimum Gasteiger partial charge on any atom is -0.491 e. The largest absolute Gasteiger partial charge is 0.491 e. The van der Waals surface area contributed by atoms with Gasteiger partial charge in [-0.25, -0.2) is 4.39 Å². The molecule has 0 aromatic heterocycles. The zero-order valence-electron chi connectivity index (χ0n) is 16.4. The highest BCUT2D eigenvalue weighted by atomic mass is 19.1. The van der Waals surface area contributed by atoms with Gasteiger partial charge in [0.25, 0.3) is 11.8 Å². The first-order valence-electron chi connectivity index (χ1n) is 10.2. The zero-order chi connectivity index (χ0) is 20.2. The predicted octanol–water partition coefficient (Wildman–Crippen LogP) is 3.75. The van der Waals surface area contributed by atoms with Gasteiger partial charge in [-0.1, -0.05) is 12.1 Å². The van der Waals surface area contributed by atoms with Crippen LogP contribution in [0.4, 0.5) is 4.39 Å². The van der Waals surface area contributed by atoms with Crippen molar-refractivity contribution in [2.75, 3.05) is 26.2 Å². The van der Waals surface area contributed by atoms with Crippen molar-refractivity contribution in [3.8, 4) is 5.75 Å². The van der Waals surface area contributed by atoms with Crippen molar-refractivity contribution in [2.45, 2.75) is 31.7 Å². The van der Waals surface area contributed by atoms with Gasteiger partial charge in [-0.15, -0.1) is 0 Å². The fraction of sp³-hybridized carbons (Fsp3) is 0.391. The normalized spacial score (nSPS) is 18.9. The average Bonchev–Trinajstić information content (AvgIpc) is 3.44. The van der Waals surface area contributed by atoms with Gasteiger partial charge in [-0.3, -0.25) is 9.59 Å². The molecule has 0 spiro atoms. The number of halogens is 1. The lowest BCUT2D eigenvalue weighted by molar-refractivity contribution is 0.0686. The monoisotopic (exact) mass is 396 g/mol. The number of carbonyl (C=O) groups is 2. The Balaban J connectivity index is 1.36. The SMILES string of the molecule is O=C(c1ccc(OCC2CCCN2C(=O)c2ccccc2F)cc1)N1CCCC1. The Kier molecular flexibility index (Phi) is 5.79. The molecule has 4 rings (SSSR count). The van der Waals surface area contributed by atoms with Crippen LogP contribution in [0.2, 0.25) is 0 Å². The molecule has 0 N–H and O–H groups in total. The van der Waals surface area contributed by atoms with E-state index in [2.05, 4.69) is 0 Å². The summed E-state index contributed by atoms with van der Waals surface area (Å²) in [5.74, 6) is -0.0669. The molecule has 2 aliphatic rings. The summed E-state index contributed by atoms with van der Waals surface area (Å²) in [6.07, 6.45) is 3.83. The van der Waals surface area contributed by atoms with Gasteiger partial charge in [0.1, 0.15) is 18.2 Å². The lowest BCUT2D eigenvalue weighted by Gasteiger charge is -2.25. The number of hydrogen-bond acceptors (Lipinski definition) is 3. The zero-order valence-corrected chi connectivity index (χ0v) is 16.4. The van der Waals surface area contributed by atoms with Crippen LogP contribution in [0.3, 0.4) is 0 Å². The van der Waals surface area contributed by atoms with Crippen LogP contribution in [0.25, 0.3) is 0 Å². The lowest BCUT2D eigenvalue weighted by atomic mass is 10.1. The van der Waals surface area contributed by atoms with Gasteiger partial charge < -0.3 is 14.5 Å². The number of benzene rings is 2.